The van der Waals surface area contributed by atoms with Crippen LogP contribution in [-0.2, 0) is 0 Å². The Morgan fingerprint density at radius 1 is 0.868 bits per heavy atom. The van der Waals surface area contributed by atoms with Crippen LogP contribution in [0.1, 0.15) is 31.2 Å². The number of nitrogens with one attached hydrogen (secondary N) is 1. The molecule has 0 bridgehead atoms. The van der Waals surface area contributed by atoms with Crippen molar-refractivity contribution < 1.29 is 9.47 Å². The smallest absolute Gasteiger partial charge is 0.228 e. The number of hydrogen-bond acceptors (Lipinski definition) is 7. The molecule has 1 N–H and O–H groups in total. The topological polar surface area (TPSA) is 86.5 Å². The molecule has 5 aromatic rings. The fourth-order valence-corrected chi connectivity index (χ4v) is 4.96. The third-order valence-electron chi connectivity index (χ3n) is 6.78. The van der Waals surface area contributed by atoms with Gasteiger partial charge in [-0.25, -0.2) is 15.0 Å². The zero-order valence-corrected chi connectivity index (χ0v) is 21.4. The highest BCUT2D eigenvalue weighted by Crippen LogP contribution is 2.43. The van der Waals surface area contributed by atoms with E-state index in [-0.39, 0.29) is 0 Å². The summed E-state index contributed by atoms with van der Waals surface area (Å²) >= 11 is 0. The number of ether oxygens (including phenoxy) is 2. The number of aromatic nitrogens is 5. The quantitative estimate of drug-likeness (QED) is 0.268. The van der Waals surface area contributed by atoms with Crippen molar-refractivity contribution in [3.63, 3.8) is 0 Å². The molecule has 0 spiro atoms. The van der Waals surface area contributed by atoms with Gasteiger partial charge in [0.25, 0.3) is 0 Å². The SMILES string of the molecule is COc1ccc(-c2c(Nc3ccncn3)nc3c(C4=CCCCC4)c(-c4ccccc4)nn3c2OC)cc1. The van der Waals surface area contributed by atoms with Gasteiger partial charge in [0.05, 0.1) is 25.3 Å². The molecule has 1 aliphatic rings. The summed E-state index contributed by atoms with van der Waals surface area (Å²) in [6.45, 7) is 0. The summed E-state index contributed by atoms with van der Waals surface area (Å²) in [6, 6.07) is 19.9. The Morgan fingerprint density at radius 3 is 2.39 bits per heavy atom. The van der Waals surface area contributed by atoms with Crippen molar-refractivity contribution in [3.05, 3.63) is 84.8 Å². The van der Waals surface area contributed by atoms with Crippen LogP contribution in [0, 0.1) is 0 Å². The minimum Gasteiger partial charge on any atom is -0.497 e. The Morgan fingerprint density at radius 2 is 1.71 bits per heavy atom. The summed E-state index contributed by atoms with van der Waals surface area (Å²) in [4.78, 5) is 13.6. The molecule has 1 aliphatic carbocycles. The van der Waals surface area contributed by atoms with Gasteiger partial charge in [0.1, 0.15) is 29.4 Å². The Kier molecular flexibility index (Phi) is 6.44. The van der Waals surface area contributed by atoms with E-state index >= 15 is 0 Å². The summed E-state index contributed by atoms with van der Waals surface area (Å²) in [5, 5.41) is 8.52. The summed E-state index contributed by atoms with van der Waals surface area (Å²) in [5.74, 6) is 2.60. The predicted octanol–water partition coefficient (Wildman–Crippen LogP) is 6.57. The molecule has 0 fully saturated rings. The lowest BCUT2D eigenvalue weighted by molar-refractivity contribution is 0.387. The second-order valence-electron chi connectivity index (χ2n) is 9.09. The van der Waals surface area contributed by atoms with Crippen molar-refractivity contribution in [1.29, 1.82) is 0 Å². The van der Waals surface area contributed by atoms with Crippen molar-refractivity contribution in [2.24, 2.45) is 0 Å². The molecule has 2 aromatic carbocycles. The summed E-state index contributed by atoms with van der Waals surface area (Å²) in [7, 11) is 3.32. The number of benzene rings is 2. The van der Waals surface area contributed by atoms with E-state index in [0.717, 1.165) is 58.6 Å². The average molecular weight is 505 g/mol. The fourth-order valence-electron chi connectivity index (χ4n) is 4.96. The van der Waals surface area contributed by atoms with E-state index in [9.17, 15) is 0 Å². The first kappa shape index (κ1) is 23.7. The molecule has 6 rings (SSSR count). The van der Waals surface area contributed by atoms with Crippen molar-refractivity contribution in [1.82, 2.24) is 24.6 Å². The molecule has 8 nitrogen and oxygen atoms in total. The first-order chi connectivity index (χ1) is 18.8. The number of anilines is 2. The van der Waals surface area contributed by atoms with Gasteiger partial charge in [-0.3, -0.25) is 0 Å². The fraction of sp³-hybridized carbons (Fsp3) is 0.200. The van der Waals surface area contributed by atoms with Gasteiger partial charge in [-0.15, -0.1) is 0 Å². The molecule has 0 radical (unpaired) electrons. The van der Waals surface area contributed by atoms with Gasteiger partial charge in [-0.1, -0.05) is 48.5 Å². The molecule has 0 aliphatic heterocycles. The summed E-state index contributed by atoms with van der Waals surface area (Å²) in [5.41, 5.74) is 6.66. The van der Waals surface area contributed by atoms with Gasteiger partial charge in [-0.2, -0.15) is 9.61 Å². The highest BCUT2D eigenvalue weighted by molar-refractivity contribution is 5.91. The maximum absolute atomic E-state index is 6.08. The predicted molar refractivity (Wildman–Crippen MR) is 149 cm³/mol. The van der Waals surface area contributed by atoms with Crippen molar-refractivity contribution in [3.8, 4) is 34.0 Å². The molecule has 8 heteroatoms. The zero-order chi connectivity index (χ0) is 25.9. The van der Waals surface area contributed by atoms with Crippen molar-refractivity contribution in [2.45, 2.75) is 25.7 Å². The highest BCUT2D eigenvalue weighted by Gasteiger charge is 2.26. The van der Waals surface area contributed by atoms with Gasteiger partial charge in [0, 0.05) is 11.8 Å². The average Bonchev–Trinajstić information content (AvgIpc) is 3.37. The van der Waals surface area contributed by atoms with Crippen molar-refractivity contribution in [2.75, 3.05) is 19.5 Å². The van der Waals surface area contributed by atoms with E-state index in [1.807, 2.05) is 53.0 Å². The van der Waals surface area contributed by atoms with Crippen LogP contribution in [0.2, 0.25) is 0 Å². The second-order valence-corrected chi connectivity index (χ2v) is 9.09. The first-order valence-corrected chi connectivity index (χ1v) is 12.7. The van der Waals surface area contributed by atoms with Crippen LogP contribution in [-0.4, -0.2) is 38.8 Å². The van der Waals surface area contributed by atoms with E-state index in [0.29, 0.717) is 17.5 Å². The molecule has 0 saturated carbocycles. The Bertz CT molecular complexity index is 1600. The number of rotatable bonds is 7. The maximum Gasteiger partial charge on any atom is 0.228 e. The van der Waals surface area contributed by atoms with Crippen LogP contribution in [0.3, 0.4) is 0 Å². The van der Waals surface area contributed by atoms with E-state index in [2.05, 4.69) is 33.5 Å². The van der Waals surface area contributed by atoms with Crippen LogP contribution in [0.5, 0.6) is 11.6 Å². The Hall–Kier alpha value is -4.72. The van der Waals surface area contributed by atoms with Gasteiger partial charge in [0.15, 0.2) is 5.65 Å². The third kappa shape index (κ3) is 4.34. The molecule has 3 heterocycles. The van der Waals surface area contributed by atoms with E-state index in [4.69, 9.17) is 19.6 Å². The third-order valence-corrected chi connectivity index (χ3v) is 6.78. The number of methoxy groups -OCH3 is 2. The summed E-state index contributed by atoms with van der Waals surface area (Å²) < 4.78 is 13.3. The molecule has 190 valence electrons. The lowest BCUT2D eigenvalue weighted by atomic mass is 9.92. The normalized spacial score (nSPS) is 13.3. The number of allylic oxidation sites excluding steroid dienone is 2. The van der Waals surface area contributed by atoms with E-state index in [1.54, 1.807) is 20.4 Å². The minimum atomic E-state index is 0.580. The van der Waals surface area contributed by atoms with Gasteiger partial charge in [0.2, 0.25) is 5.88 Å². The molecule has 0 atom stereocenters. The number of fused-ring (bicyclic) bond motifs is 1. The number of hydrogen-bond donors (Lipinski definition) is 1. The largest absolute Gasteiger partial charge is 0.497 e. The molecular weight excluding hydrogens is 476 g/mol. The van der Waals surface area contributed by atoms with Crippen LogP contribution in [0.15, 0.2) is 79.3 Å². The molecule has 38 heavy (non-hydrogen) atoms. The maximum atomic E-state index is 6.08. The molecule has 0 unspecified atom stereocenters. The van der Waals surface area contributed by atoms with Crippen LogP contribution < -0.4 is 14.8 Å². The van der Waals surface area contributed by atoms with Crippen molar-refractivity contribution >= 4 is 22.9 Å². The first-order valence-electron chi connectivity index (χ1n) is 12.7. The van der Waals surface area contributed by atoms with Crippen LogP contribution in [0.25, 0.3) is 33.6 Å². The zero-order valence-electron chi connectivity index (χ0n) is 21.4. The van der Waals surface area contributed by atoms with Gasteiger partial charge in [-0.05, 0) is 55.0 Å². The molecule has 3 aromatic heterocycles. The van der Waals surface area contributed by atoms with Gasteiger partial charge < -0.3 is 14.8 Å². The molecular formula is C30H28N6O2. The van der Waals surface area contributed by atoms with E-state index < -0.39 is 0 Å². The molecule has 0 amide bonds. The minimum absolute atomic E-state index is 0.580. The monoisotopic (exact) mass is 504 g/mol. The number of nitrogens with zero attached hydrogens (tertiary/aromatic N) is 5. The van der Waals surface area contributed by atoms with Gasteiger partial charge >= 0.3 is 0 Å². The summed E-state index contributed by atoms with van der Waals surface area (Å²) in [6.07, 6.45) is 9.91. The lowest BCUT2D eigenvalue weighted by Gasteiger charge is -2.17. The standard InChI is InChI=1S/C30H28N6O2/c1-37-23-15-13-21(14-16-23)26-28(33-24-17-18-31-19-32-24)34-29-25(20-9-5-3-6-10-20)27(22-11-7-4-8-12-22)35-36(29)30(26)38-2/h4,7-9,11-19H,3,5-6,10H2,1-2H3,(H,31,32,33,34). The lowest BCUT2D eigenvalue weighted by Crippen LogP contribution is -2.07. The highest BCUT2D eigenvalue weighted by atomic mass is 16.5. The van der Waals surface area contributed by atoms with E-state index in [1.165, 1.54) is 18.3 Å². The molecule has 0 saturated heterocycles. The second kappa shape index (κ2) is 10.3. The Balaban J connectivity index is 1.66. The van der Waals surface area contributed by atoms with Crippen LogP contribution >= 0.6 is 0 Å². The van der Waals surface area contributed by atoms with Crippen LogP contribution in [0.4, 0.5) is 11.6 Å². The Labute approximate surface area is 221 Å².